The maximum absolute atomic E-state index is 11.4. The molecule has 2 unspecified atom stereocenters. The van der Waals surface area contributed by atoms with Crippen LogP contribution in [-0.2, 0) is 16.0 Å². The van der Waals surface area contributed by atoms with Crippen molar-refractivity contribution in [1.82, 2.24) is 0 Å². The molecule has 0 aromatic heterocycles. The van der Waals surface area contributed by atoms with E-state index in [1.807, 2.05) is 12.1 Å². The molecular weight excluding hydrogens is 342 g/mol. The third-order valence-electron chi connectivity index (χ3n) is 3.95. The number of ether oxygens (including phenoxy) is 1. The van der Waals surface area contributed by atoms with Gasteiger partial charge in [-0.25, -0.2) is 0 Å². The van der Waals surface area contributed by atoms with Gasteiger partial charge in [0, 0.05) is 22.1 Å². The zero-order valence-electron chi connectivity index (χ0n) is 11.1. The molecule has 1 N–H and O–H groups in total. The van der Waals surface area contributed by atoms with E-state index in [-0.39, 0.29) is 10.7 Å². The van der Waals surface area contributed by atoms with Gasteiger partial charge in [0.1, 0.15) is 0 Å². The minimum atomic E-state index is 0.0405. The number of benzene rings is 1. The summed E-state index contributed by atoms with van der Waals surface area (Å²) in [5.41, 5.74) is 2.96. The van der Waals surface area contributed by atoms with Gasteiger partial charge < -0.3 is 10.1 Å². The van der Waals surface area contributed by atoms with Crippen molar-refractivity contribution in [2.45, 2.75) is 43.0 Å². The highest BCUT2D eigenvalue weighted by atomic mass is 79.9. The summed E-state index contributed by atoms with van der Waals surface area (Å²) in [6.45, 7) is 0.894. The van der Waals surface area contributed by atoms with Crippen molar-refractivity contribution in [3.8, 4) is 0 Å². The number of carbonyl (C=O) groups is 1. The minimum Gasteiger partial charge on any atom is -0.378 e. The maximum Gasteiger partial charge on any atom is 0.228 e. The standard InChI is InChI=1S/C15H17BrClNO2/c16-12(4-3-10-2-1-5-20-10)11-6-9-7-15(19)18-14(9)8-13(11)17/h6,8,10,12H,1-5,7H2,(H,18,19). The Bertz CT molecular complexity index is 529. The van der Waals surface area contributed by atoms with Gasteiger partial charge in [-0.3, -0.25) is 4.79 Å². The monoisotopic (exact) mass is 357 g/mol. The molecule has 1 aromatic rings. The summed E-state index contributed by atoms with van der Waals surface area (Å²) >= 11 is 10.1. The molecule has 0 spiro atoms. The second-order valence-corrected chi connectivity index (χ2v) is 6.95. The summed E-state index contributed by atoms with van der Waals surface area (Å²) < 4.78 is 5.65. The highest BCUT2D eigenvalue weighted by Crippen LogP contribution is 2.38. The molecule has 3 rings (SSSR count). The van der Waals surface area contributed by atoms with Gasteiger partial charge in [0.05, 0.1) is 12.5 Å². The van der Waals surface area contributed by atoms with Crippen LogP contribution in [0.1, 0.15) is 41.6 Å². The Hall–Kier alpha value is -0.580. The van der Waals surface area contributed by atoms with Crippen LogP contribution in [0, 0.1) is 0 Å². The first-order valence-electron chi connectivity index (χ1n) is 7.01. The van der Waals surface area contributed by atoms with Crippen molar-refractivity contribution in [3.05, 3.63) is 28.3 Å². The summed E-state index contributed by atoms with van der Waals surface area (Å²) in [7, 11) is 0. The Morgan fingerprint density at radius 3 is 3.10 bits per heavy atom. The number of hydrogen-bond acceptors (Lipinski definition) is 2. The van der Waals surface area contributed by atoms with Gasteiger partial charge in [-0.2, -0.15) is 0 Å². The quantitative estimate of drug-likeness (QED) is 0.818. The third kappa shape index (κ3) is 3.02. The molecule has 20 heavy (non-hydrogen) atoms. The first kappa shape index (κ1) is 14.4. The summed E-state index contributed by atoms with van der Waals surface area (Å²) in [4.78, 5) is 11.6. The van der Waals surface area contributed by atoms with Gasteiger partial charge in [0.2, 0.25) is 5.91 Å². The Morgan fingerprint density at radius 2 is 2.35 bits per heavy atom. The third-order valence-corrected chi connectivity index (χ3v) is 5.23. The molecule has 2 aliphatic rings. The molecule has 0 radical (unpaired) electrons. The van der Waals surface area contributed by atoms with Crippen LogP contribution in [0.4, 0.5) is 5.69 Å². The lowest BCUT2D eigenvalue weighted by atomic mass is 10.0. The van der Waals surface area contributed by atoms with Crippen molar-refractivity contribution in [2.24, 2.45) is 0 Å². The summed E-state index contributed by atoms with van der Waals surface area (Å²) in [6, 6.07) is 3.90. The highest BCUT2D eigenvalue weighted by molar-refractivity contribution is 9.09. The normalized spacial score (nSPS) is 22.7. The van der Waals surface area contributed by atoms with Crippen LogP contribution in [0.3, 0.4) is 0 Å². The van der Waals surface area contributed by atoms with E-state index in [9.17, 15) is 4.79 Å². The van der Waals surface area contributed by atoms with Gasteiger partial charge in [0.25, 0.3) is 0 Å². The second-order valence-electron chi connectivity index (χ2n) is 5.44. The molecule has 0 saturated carbocycles. The molecule has 1 saturated heterocycles. The van der Waals surface area contributed by atoms with Gasteiger partial charge in [-0.15, -0.1) is 0 Å². The lowest BCUT2D eigenvalue weighted by Crippen LogP contribution is -2.06. The van der Waals surface area contributed by atoms with E-state index in [1.165, 1.54) is 6.42 Å². The first-order chi connectivity index (χ1) is 9.63. The van der Waals surface area contributed by atoms with Crippen molar-refractivity contribution < 1.29 is 9.53 Å². The fourth-order valence-corrected chi connectivity index (χ4v) is 3.94. The van der Waals surface area contributed by atoms with Gasteiger partial charge >= 0.3 is 0 Å². The zero-order valence-corrected chi connectivity index (χ0v) is 13.5. The molecule has 2 heterocycles. The number of carbonyl (C=O) groups excluding carboxylic acids is 1. The van der Waals surface area contributed by atoms with Crippen LogP contribution < -0.4 is 5.32 Å². The number of anilines is 1. The van der Waals surface area contributed by atoms with Crippen LogP contribution in [0.15, 0.2) is 12.1 Å². The van der Waals surface area contributed by atoms with Crippen molar-refractivity contribution in [1.29, 1.82) is 0 Å². The lowest BCUT2D eigenvalue weighted by molar-refractivity contribution is -0.115. The summed E-state index contributed by atoms with van der Waals surface area (Å²) in [6.07, 6.45) is 5.21. The molecule has 1 aromatic carbocycles. The number of alkyl halides is 1. The average molecular weight is 359 g/mol. The molecule has 0 aliphatic carbocycles. The van der Waals surface area contributed by atoms with E-state index >= 15 is 0 Å². The van der Waals surface area contributed by atoms with E-state index in [1.54, 1.807) is 0 Å². The SMILES string of the molecule is O=C1Cc2cc(C(Br)CCC3CCCO3)c(Cl)cc2N1. The van der Waals surface area contributed by atoms with Crippen LogP contribution in [-0.4, -0.2) is 18.6 Å². The van der Waals surface area contributed by atoms with E-state index < -0.39 is 0 Å². The number of nitrogens with one attached hydrogen (secondary N) is 1. The molecule has 3 nitrogen and oxygen atoms in total. The number of halogens is 2. The summed E-state index contributed by atoms with van der Waals surface area (Å²) in [5, 5.41) is 3.53. The van der Waals surface area contributed by atoms with E-state index in [0.29, 0.717) is 17.5 Å². The van der Waals surface area contributed by atoms with Crippen LogP contribution >= 0.6 is 27.5 Å². The maximum atomic E-state index is 11.4. The fraction of sp³-hybridized carbons (Fsp3) is 0.533. The lowest BCUT2D eigenvalue weighted by Gasteiger charge is -2.16. The molecule has 1 amide bonds. The highest BCUT2D eigenvalue weighted by Gasteiger charge is 2.23. The Kier molecular flexibility index (Phi) is 4.34. The van der Waals surface area contributed by atoms with Crippen molar-refractivity contribution in [3.63, 3.8) is 0 Å². The van der Waals surface area contributed by atoms with Crippen LogP contribution in [0.25, 0.3) is 0 Å². The molecule has 2 atom stereocenters. The van der Waals surface area contributed by atoms with Gasteiger partial charge in [-0.05, 0) is 42.9 Å². The first-order valence-corrected chi connectivity index (χ1v) is 8.30. The Labute approximate surface area is 132 Å². The molecule has 108 valence electrons. The van der Waals surface area contributed by atoms with Crippen molar-refractivity contribution in [2.75, 3.05) is 11.9 Å². The molecule has 0 bridgehead atoms. The van der Waals surface area contributed by atoms with E-state index in [4.69, 9.17) is 16.3 Å². The predicted molar refractivity (Wildman–Crippen MR) is 83.7 cm³/mol. The molecule has 1 fully saturated rings. The van der Waals surface area contributed by atoms with E-state index in [2.05, 4.69) is 21.2 Å². The molecular formula is C15H17BrClNO2. The van der Waals surface area contributed by atoms with Crippen molar-refractivity contribution >= 4 is 39.1 Å². The number of amides is 1. The zero-order chi connectivity index (χ0) is 14.1. The topological polar surface area (TPSA) is 38.3 Å². The Morgan fingerprint density at radius 1 is 1.50 bits per heavy atom. The molecule has 5 heteroatoms. The van der Waals surface area contributed by atoms with Crippen LogP contribution in [0.2, 0.25) is 5.02 Å². The number of fused-ring (bicyclic) bond motifs is 1. The van der Waals surface area contributed by atoms with E-state index in [0.717, 1.165) is 42.7 Å². The largest absolute Gasteiger partial charge is 0.378 e. The fourth-order valence-electron chi connectivity index (χ4n) is 2.87. The van der Waals surface area contributed by atoms with Gasteiger partial charge in [0.15, 0.2) is 0 Å². The minimum absolute atomic E-state index is 0.0405. The second kappa shape index (κ2) is 6.04. The number of hydrogen-bond donors (Lipinski definition) is 1. The molecule has 2 aliphatic heterocycles. The summed E-state index contributed by atoms with van der Waals surface area (Å²) in [5.74, 6) is 0.0405. The van der Waals surface area contributed by atoms with Gasteiger partial charge in [-0.1, -0.05) is 33.6 Å². The predicted octanol–water partition coefficient (Wildman–Crippen LogP) is 4.23. The Balaban J connectivity index is 1.69. The number of rotatable bonds is 4. The van der Waals surface area contributed by atoms with Crippen LogP contribution in [0.5, 0.6) is 0 Å². The smallest absolute Gasteiger partial charge is 0.228 e. The average Bonchev–Trinajstić information content (AvgIpc) is 3.03.